The van der Waals surface area contributed by atoms with E-state index in [-0.39, 0.29) is 5.82 Å². The lowest BCUT2D eigenvalue weighted by molar-refractivity contribution is 0.410. The first-order valence-corrected chi connectivity index (χ1v) is 8.98. The molecule has 2 heterocycles. The summed E-state index contributed by atoms with van der Waals surface area (Å²) in [7, 11) is 0. The van der Waals surface area contributed by atoms with Gasteiger partial charge in [0, 0.05) is 30.5 Å². The Morgan fingerprint density at radius 3 is 2.77 bits per heavy atom. The molecule has 136 valence electrons. The molecule has 0 aliphatic heterocycles. The number of fused-ring (bicyclic) bond motifs is 1. The van der Waals surface area contributed by atoms with E-state index in [1.165, 1.54) is 6.07 Å². The number of nitrogens with one attached hydrogen (secondary N) is 2. The number of anilines is 3. The van der Waals surface area contributed by atoms with Crippen LogP contribution in [0.2, 0.25) is 0 Å². The van der Waals surface area contributed by atoms with Crippen molar-refractivity contribution >= 4 is 22.8 Å². The first kappa shape index (κ1) is 16.8. The van der Waals surface area contributed by atoms with Crippen LogP contribution in [-0.2, 0) is 0 Å². The van der Waals surface area contributed by atoms with E-state index < -0.39 is 0 Å². The van der Waals surface area contributed by atoms with Crippen LogP contribution >= 0.6 is 0 Å². The molecule has 2 aromatic heterocycles. The van der Waals surface area contributed by atoms with Gasteiger partial charge in [-0.3, -0.25) is 0 Å². The van der Waals surface area contributed by atoms with Gasteiger partial charge in [0.05, 0.1) is 11.4 Å². The Morgan fingerprint density at radius 2 is 1.96 bits per heavy atom. The van der Waals surface area contributed by atoms with Gasteiger partial charge in [0.2, 0.25) is 0 Å². The number of aryl methyl sites for hydroxylation is 1. The predicted octanol–water partition coefficient (Wildman–Crippen LogP) is 3.60. The molecule has 1 saturated carbocycles. The highest BCUT2D eigenvalue weighted by atomic mass is 19.1. The molecule has 0 radical (unpaired) electrons. The summed E-state index contributed by atoms with van der Waals surface area (Å²) in [5.74, 6) is 0.444. The van der Waals surface area contributed by atoms with E-state index in [0.29, 0.717) is 29.1 Å². The third kappa shape index (κ3) is 3.48. The van der Waals surface area contributed by atoms with Gasteiger partial charge in [-0.15, -0.1) is 5.10 Å². The Morgan fingerprint density at radius 1 is 1.15 bits per heavy atom. The zero-order valence-electron chi connectivity index (χ0n) is 14.7. The Balaban J connectivity index is 1.63. The second kappa shape index (κ2) is 6.92. The van der Waals surface area contributed by atoms with Gasteiger partial charge in [0.25, 0.3) is 0 Å². The van der Waals surface area contributed by atoms with E-state index >= 15 is 0 Å². The van der Waals surface area contributed by atoms with Crippen LogP contribution in [0.3, 0.4) is 0 Å². The Bertz CT molecular complexity index is 914. The molecule has 4 rings (SSSR count). The second-order valence-corrected chi connectivity index (χ2v) is 7.00. The number of imidazole rings is 1. The van der Waals surface area contributed by atoms with Crippen molar-refractivity contribution in [3.8, 4) is 0 Å². The summed E-state index contributed by atoms with van der Waals surface area (Å²) in [4.78, 5) is 4.34. The molecular weight excluding hydrogens is 331 g/mol. The number of nitrogens with zero attached hydrogens (tertiary/aromatic N) is 3. The highest BCUT2D eigenvalue weighted by Crippen LogP contribution is 2.27. The summed E-state index contributed by atoms with van der Waals surface area (Å²) < 4.78 is 15.9. The number of hydrogen-bond acceptors (Lipinski definition) is 5. The van der Waals surface area contributed by atoms with E-state index in [1.54, 1.807) is 29.0 Å². The van der Waals surface area contributed by atoms with Gasteiger partial charge >= 0.3 is 0 Å². The van der Waals surface area contributed by atoms with Gasteiger partial charge in [0.1, 0.15) is 11.6 Å². The van der Waals surface area contributed by atoms with Gasteiger partial charge < -0.3 is 16.4 Å². The summed E-state index contributed by atoms with van der Waals surface area (Å²) >= 11 is 0. The van der Waals surface area contributed by atoms with Crippen molar-refractivity contribution in [2.24, 2.45) is 5.73 Å². The van der Waals surface area contributed by atoms with Crippen molar-refractivity contribution < 1.29 is 4.39 Å². The van der Waals surface area contributed by atoms with Crippen molar-refractivity contribution in [2.75, 3.05) is 10.6 Å². The summed E-state index contributed by atoms with van der Waals surface area (Å²) in [6, 6.07) is 7.54. The second-order valence-electron chi connectivity index (χ2n) is 7.00. The fourth-order valence-corrected chi connectivity index (χ4v) is 3.43. The van der Waals surface area contributed by atoms with Crippen LogP contribution in [0.4, 0.5) is 21.6 Å². The smallest absolute Gasteiger partial charge is 0.177 e. The first-order valence-electron chi connectivity index (χ1n) is 8.98. The topological polar surface area (TPSA) is 80.3 Å². The molecule has 1 aliphatic rings. The van der Waals surface area contributed by atoms with E-state index in [9.17, 15) is 4.39 Å². The molecular formula is C19H23FN6. The summed E-state index contributed by atoms with van der Waals surface area (Å²) in [6.45, 7) is 1.93. The number of rotatable bonds is 4. The van der Waals surface area contributed by atoms with Crippen molar-refractivity contribution in [1.29, 1.82) is 0 Å². The standard InChI is InChI=1S/C19H23FN6/c1-12-2-7-15(20)16(10-12)24-17-11-18(25-26-9-8-22-19(17)26)23-14-5-3-13(21)4-6-14/h2,7-11,13-14,24H,3-6,21H2,1H3,(H,23,25). The van der Waals surface area contributed by atoms with Crippen LogP contribution in [0.25, 0.3) is 5.65 Å². The first-order chi connectivity index (χ1) is 12.6. The van der Waals surface area contributed by atoms with Crippen molar-refractivity contribution in [3.05, 3.63) is 48.0 Å². The van der Waals surface area contributed by atoms with E-state index in [0.717, 1.165) is 37.1 Å². The monoisotopic (exact) mass is 354 g/mol. The fraction of sp³-hybridized carbons (Fsp3) is 0.368. The molecule has 7 heteroatoms. The highest BCUT2D eigenvalue weighted by Gasteiger charge is 2.19. The summed E-state index contributed by atoms with van der Waals surface area (Å²) in [6.07, 6.45) is 7.56. The number of halogens is 1. The third-order valence-electron chi connectivity index (χ3n) is 4.87. The molecule has 26 heavy (non-hydrogen) atoms. The molecule has 6 nitrogen and oxygen atoms in total. The van der Waals surface area contributed by atoms with Crippen molar-refractivity contribution in [2.45, 2.75) is 44.7 Å². The SMILES string of the molecule is Cc1ccc(F)c(Nc2cc(NC3CCC(N)CC3)nn3ccnc23)c1. The molecule has 0 amide bonds. The van der Waals surface area contributed by atoms with Gasteiger partial charge in [-0.1, -0.05) is 6.07 Å². The van der Waals surface area contributed by atoms with Gasteiger partial charge in [0.15, 0.2) is 5.65 Å². The molecule has 3 aromatic rings. The largest absolute Gasteiger partial charge is 0.366 e. The number of aromatic nitrogens is 3. The lowest BCUT2D eigenvalue weighted by atomic mass is 9.92. The lowest BCUT2D eigenvalue weighted by Crippen LogP contribution is -2.33. The third-order valence-corrected chi connectivity index (χ3v) is 4.87. The molecule has 0 atom stereocenters. The van der Waals surface area contributed by atoms with E-state index in [4.69, 9.17) is 5.73 Å². The predicted molar refractivity (Wildman–Crippen MR) is 101 cm³/mol. The molecule has 0 saturated heterocycles. The van der Waals surface area contributed by atoms with Gasteiger partial charge in [-0.05, 0) is 50.3 Å². The lowest BCUT2D eigenvalue weighted by Gasteiger charge is -2.27. The van der Waals surface area contributed by atoms with Gasteiger partial charge in [-0.2, -0.15) is 0 Å². The van der Waals surface area contributed by atoms with Crippen LogP contribution < -0.4 is 16.4 Å². The number of benzene rings is 1. The Kier molecular flexibility index (Phi) is 4.46. The minimum atomic E-state index is -0.298. The van der Waals surface area contributed by atoms with Crippen LogP contribution in [0.1, 0.15) is 31.2 Å². The molecule has 0 bridgehead atoms. The van der Waals surface area contributed by atoms with Crippen molar-refractivity contribution in [3.63, 3.8) is 0 Å². The molecule has 0 unspecified atom stereocenters. The molecule has 1 fully saturated rings. The number of hydrogen-bond donors (Lipinski definition) is 3. The Labute approximate surface area is 151 Å². The maximum Gasteiger partial charge on any atom is 0.177 e. The summed E-state index contributed by atoms with van der Waals surface area (Å²) in [5.41, 5.74) is 8.77. The molecule has 1 aliphatic carbocycles. The summed E-state index contributed by atoms with van der Waals surface area (Å²) in [5, 5.41) is 11.2. The highest BCUT2D eigenvalue weighted by molar-refractivity contribution is 5.76. The average Bonchev–Trinajstić information content (AvgIpc) is 3.09. The van der Waals surface area contributed by atoms with Crippen LogP contribution in [0, 0.1) is 12.7 Å². The normalized spacial score (nSPS) is 20.3. The average molecular weight is 354 g/mol. The molecule has 0 spiro atoms. The van der Waals surface area contributed by atoms with Crippen LogP contribution in [0.15, 0.2) is 36.7 Å². The molecule has 4 N–H and O–H groups in total. The zero-order chi connectivity index (χ0) is 18.1. The fourth-order valence-electron chi connectivity index (χ4n) is 3.43. The number of nitrogens with two attached hydrogens (primary N) is 1. The Hall–Kier alpha value is -2.67. The van der Waals surface area contributed by atoms with Crippen LogP contribution in [0.5, 0.6) is 0 Å². The minimum Gasteiger partial charge on any atom is -0.366 e. The maximum atomic E-state index is 14.2. The minimum absolute atomic E-state index is 0.298. The van der Waals surface area contributed by atoms with E-state index in [2.05, 4.69) is 20.7 Å². The maximum absolute atomic E-state index is 14.2. The van der Waals surface area contributed by atoms with Gasteiger partial charge in [-0.25, -0.2) is 13.9 Å². The zero-order valence-corrected chi connectivity index (χ0v) is 14.7. The van der Waals surface area contributed by atoms with E-state index in [1.807, 2.05) is 13.0 Å². The molecule has 1 aromatic carbocycles. The van der Waals surface area contributed by atoms with Crippen LogP contribution in [-0.4, -0.2) is 26.7 Å². The quantitative estimate of drug-likeness (QED) is 0.667. The van der Waals surface area contributed by atoms with Crippen molar-refractivity contribution in [1.82, 2.24) is 14.6 Å².